The summed E-state index contributed by atoms with van der Waals surface area (Å²) in [7, 11) is 0. The molecule has 0 unspecified atom stereocenters. The fourth-order valence-electron chi connectivity index (χ4n) is 2.67. The molecule has 0 N–H and O–H groups in total. The number of nitrogens with zero attached hydrogens (tertiary/aromatic N) is 2. The van der Waals surface area contributed by atoms with Crippen molar-refractivity contribution in [1.29, 1.82) is 0 Å². The van der Waals surface area contributed by atoms with Gasteiger partial charge in [-0.3, -0.25) is 14.9 Å². The van der Waals surface area contributed by atoms with Crippen LogP contribution in [-0.2, 0) is 14.3 Å². The smallest absolute Gasteiger partial charge is 0.363 e. The summed E-state index contributed by atoms with van der Waals surface area (Å²) in [5.74, 6) is -0.867. The zero-order valence-electron chi connectivity index (χ0n) is 17.5. The molecule has 0 radical (unpaired) electrons. The van der Waals surface area contributed by atoms with E-state index in [9.17, 15) is 19.7 Å². The van der Waals surface area contributed by atoms with Gasteiger partial charge in [0.05, 0.1) is 28.0 Å². The fourth-order valence-corrected chi connectivity index (χ4v) is 2.92. The first-order valence-corrected chi connectivity index (χ1v) is 10.0. The SMILES string of the molecule is CCOc1cc(/C=C2\N=C(c3ccc([N+](=O)[O-])cc3Cl)OC2=O)ccc1OC(=O)C(C)C. The Hall–Kier alpha value is -3.72. The molecule has 1 heterocycles. The van der Waals surface area contributed by atoms with Crippen LogP contribution in [0.25, 0.3) is 6.08 Å². The van der Waals surface area contributed by atoms with Crippen LogP contribution in [0.4, 0.5) is 5.69 Å². The van der Waals surface area contributed by atoms with E-state index in [1.165, 1.54) is 18.2 Å². The largest absolute Gasteiger partial charge is 0.490 e. The van der Waals surface area contributed by atoms with Gasteiger partial charge in [0, 0.05) is 12.1 Å². The molecule has 32 heavy (non-hydrogen) atoms. The number of rotatable bonds is 7. The summed E-state index contributed by atoms with van der Waals surface area (Å²) in [4.78, 5) is 38.7. The second kappa shape index (κ2) is 9.61. The lowest BCUT2D eigenvalue weighted by Crippen LogP contribution is -2.15. The molecule has 0 spiro atoms. The third kappa shape index (κ3) is 5.12. The van der Waals surface area contributed by atoms with E-state index < -0.39 is 16.9 Å². The lowest BCUT2D eigenvalue weighted by molar-refractivity contribution is -0.384. The molecule has 0 bridgehead atoms. The normalized spacial score (nSPS) is 14.3. The van der Waals surface area contributed by atoms with Crippen molar-refractivity contribution in [2.45, 2.75) is 20.8 Å². The molecule has 0 atom stereocenters. The molecule has 9 nitrogen and oxygen atoms in total. The molecule has 2 aromatic rings. The number of carbonyl (C=O) groups is 2. The molecule has 1 aliphatic rings. The number of halogens is 1. The van der Waals surface area contributed by atoms with Gasteiger partial charge in [0.25, 0.3) is 5.69 Å². The van der Waals surface area contributed by atoms with Crippen LogP contribution in [0.3, 0.4) is 0 Å². The van der Waals surface area contributed by atoms with Crippen LogP contribution in [0.2, 0.25) is 5.02 Å². The second-order valence-electron chi connectivity index (χ2n) is 6.97. The maximum atomic E-state index is 12.3. The molecule has 3 rings (SSSR count). The summed E-state index contributed by atoms with van der Waals surface area (Å²) < 4.78 is 16.1. The molecule has 0 fully saturated rings. The van der Waals surface area contributed by atoms with Crippen LogP contribution in [0, 0.1) is 16.0 Å². The molecule has 0 amide bonds. The van der Waals surface area contributed by atoms with Crippen LogP contribution in [-0.4, -0.2) is 29.4 Å². The van der Waals surface area contributed by atoms with Crippen LogP contribution in [0.1, 0.15) is 31.9 Å². The molecule has 0 aliphatic carbocycles. The minimum absolute atomic E-state index is 0.00351. The molecule has 1 aliphatic heterocycles. The minimum Gasteiger partial charge on any atom is -0.490 e. The van der Waals surface area contributed by atoms with Crippen molar-refractivity contribution in [3.05, 3.63) is 68.4 Å². The van der Waals surface area contributed by atoms with Gasteiger partial charge in [-0.2, -0.15) is 0 Å². The first-order valence-electron chi connectivity index (χ1n) is 9.65. The Balaban J connectivity index is 1.91. The van der Waals surface area contributed by atoms with E-state index >= 15 is 0 Å². The highest BCUT2D eigenvalue weighted by atomic mass is 35.5. The number of non-ortho nitro benzene ring substituents is 1. The first kappa shape index (κ1) is 23.0. The third-order valence-electron chi connectivity index (χ3n) is 4.27. The van der Waals surface area contributed by atoms with Crippen LogP contribution < -0.4 is 9.47 Å². The highest BCUT2D eigenvalue weighted by Gasteiger charge is 2.26. The van der Waals surface area contributed by atoms with E-state index in [4.69, 9.17) is 25.8 Å². The lowest BCUT2D eigenvalue weighted by atomic mass is 10.1. The van der Waals surface area contributed by atoms with E-state index in [2.05, 4.69) is 4.99 Å². The standard InChI is InChI=1S/C22H19ClN2O7/c1-4-30-19-10-13(5-8-18(19)31-21(26)12(2)3)9-17-22(27)32-20(24-17)15-7-6-14(25(28)29)11-16(15)23/h5-12H,4H2,1-3H3/b17-9-. The molecule has 166 valence electrons. The number of aliphatic imine (C=N–C) groups is 1. The van der Waals surface area contributed by atoms with Crippen molar-refractivity contribution < 1.29 is 28.7 Å². The summed E-state index contributed by atoms with van der Waals surface area (Å²) in [5, 5.41) is 10.9. The third-order valence-corrected chi connectivity index (χ3v) is 4.58. The number of nitro groups is 1. The monoisotopic (exact) mass is 458 g/mol. The number of hydrogen-bond acceptors (Lipinski definition) is 8. The summed E-state index contributed by atoms with van der Waals surface area (Å²) in [6.45, 7) is 5.58. The predicted molar refractivity (Wildman–Crippen MR) is 117 cm³/mol. The number of benzene rings is 2. The van der Waals surface area contributed by atoms with Gasteiger partial charge in [-0.1, -0.05) is 31.5 Å². The van der Waals surface area contributed by atoms with Crippen molar-refractivity contribution in [2.24, 2.45) is 10.9 Å². The van der Waals surface area contributed by atoms with Crippen molar-refractivity contribution in [2.75, 3.05) is 6.61 Å². The zero-order valence-corrected chi connectivity index (χ0v) is 18.2. The maximum Gasteiger partial charge on any atom is 0.363 e. The molecule has 10 heteroatoms. The average Bonchev–Trinajstić information content (AvgIpc) is 3.09. The zero-order chi connectivity index (χ0) is 23.4. The van der Waals surface area contributed by atoms with Crippen molar-refractivity contribution >= 4 is 41.2 Å². The summed E-state index contributed by atoms with van der Waals surface area (Å²) in [6, 6.07) is 8.57. The molecule has 0 aromatic heterocycles. The van der Waals surface area contributed by atoms with Crippen molar-refractivity contribution in [3.8, 4) is 11.5 Å². The Labute approximate surface area is 188 Å². The number of hydrogen-bond donors (Lipinski definition) is 0. The Kier molecular flexibility index (Phi) is 6.89. The predicted octanol–water partition coefficient (Wildman–Crippen LogP) is 4.55. The van der Waals surface area contributed by atoms with Gasteiger partial charge in [0.2, 0.25) is 5.90 Å². The van der Waals surface area contributed by atoms with Gasteiger partial charge in [-0.05, 0) is 36.8 Å². The van der Waals surface area contributed by atoms with E-state index in [0.717, 1.165) is 6.07 Å². The minimum atomic E-state index is -0.706. The van der Waals surface area contributed by atoms with E-state index in [-0.39, 0.29) is 39.5 Å². The van der Waals surface area contributed by atoms with Gasteiger partial charge in [-0.25, -0.2) is 9.79 Å². The van der Waals surface area contributed by atoms with Crippen molar-refractivity contribution in [1.82, 2.24) is 0 Å². The molecular weight excluding hydrogens is 440 g/mol. The van der Waals surface area contributed by atoms with Gasteiger partial charge in [0.15, 0.2) is 17.2 Å². The Morgan fingerprint density at radius 3 is 2.62 bits per heavy atom. The van der Waals surface area contributed by atoms with Crippen LogP contribution >= 0.6 is 11.6 Å². The Morgan fingerprint density at radius 2 is 2.00 bits per heavy atom. The first-order chi connectivity index (χ1) is 15.2. The van der Waals surface area contributed by atoms with Crippen LogP contribution in [0.15, 0.2) is 47.1 Å². The number of nitro benzene ring substituents is 1. The summed E-state index contributed by atoms with van der Waals surface area (Å²) in [5.41, 5.74) is 0.620. The van der Waals surface area contributed by atoms with Gasteiger partial charge < -0.3 is 14.2 Å². The molecule has 0 saturated heterocycles. The molecule has 2 aromatic carbocycles. The van der Waals surface area contributed by atoms with E-state index in [1.54, 1.807) is 39.0 Å². The van der Waals surface area contributed by atoms with Gasteiger partial charge in [-0.15, -0.1) is 0 Å². The molecule has 0 saturated carbocycles. The fraction of sp³-hybridized carbons (Fsp3) is 0.227. The number of cyclic esters (lactones) is 1. The second-order valence-corrected chi connectivity index (χ2v) is 7.38. The quantitative estimate of drug-likeness (QED) is 0.196. The highest BCUT2D eigenvalue weighted by Crippen LogP contribution is 2.31. The average molecular weight is 459 g/mol. The Morgan fingerprint density at radius 1 is 1.25 bits per heavy atom. The van der Waals surface area contributed by atoms with E-state index in [1.807, 2.05) is 0 Å². The van der Waals surface area contributed by atoms with Gasteiger partial charge in [0.1, 0.15) is 0 Å². The highest BCUT2D eigenvalue weighted by molar-refractivity contribution is 6.34. The summed E-state index contributed by atoms with van der Waals surface area (Å²) >= 11 is 6.09. The number of ether oxygens (including phenoxy) is 3. The van der Waals surface area contributed by atoms with E-state index in [0.29, 0.717) is 17.9 Å². The summed E-state index contributed by atoms with van der Waals surface area (Å²) in [6.07, 6.45) is 1.48. The van der Waals surface area contributed by atoms with Crippen LogP contribution in [0.5, 0.6) is 11.5 Å². The lowest BCUT2D eigenvalue weighted by Gasteiger charge is -2.12. The number of esters is 2. The number of carbonyl (C=O) groups excluding carboxylic acids is 2. The van der Waals surface area contributed by atoms with Crippen molar-refractivity contribution in [3.63, 3.8) is 0 Å². The Bertz CT molecular complexity index is 1150. The molecular formula is C22H19ClN2O7. The van der Waals surface area contributed by atoms with Gasteiger partial charge >= 0.3 is 11.9 Å². The maximum absolute atomic E-state index is 12.3. The topological polar surface area (TPSA) is 117 Å².